The Balaban J connectivity index is 0.00000243. The number of halogens is 1. The first-order valence-electron chi connectivity index (χ1n) is 9.07. The van der Waals surface area contributed by atoms with Gasteiger partial charge < -0.3 is 20.1 Å². The molecule has 1 aliphatic rings. The summed E-state index contributed by atoms with van der Waals surface area (Å²) in [5.41, 5.74) is 2.25. The summed E-state index contributed by atoms with van der Waals surface area (Å²) in [4.78, 5) is 7.04. The Hall–Kier alpha value is -1.77. The quantitative estimate of drug-likeness (QED) is 0.387. The minimum absolute atomic E-state index is 0. The summed E-state index contributed by atoms with van der Waals surface area (Å²) in [7, 11) is 0. The van der Waals surface area contributed by atoms with Crippen molar-refractivity contribution in [3.63, 3.8) is 0 Å². The number of para-hydroxylation sites is 1. The van der Waals surface area contributed by atoms with Gasteiger partial charge in [-0.2, -0.15) is 0 Å². The number of anilines is 1. The molecule has 0 bridgehead atoms. The summed E-state index contributed by atoms with van der Waals surface area (Å²) >= 11 is 0. The van der Waals surface area contributed by atoms with Gasteiger partial charge in [-0.1, -0.05) is 30.3 Å². The Morgan fingerprint density at radius 1 is 1.31 bits per heavy atom. The van der Waals surface area contributed by atoms with Crippen molar-refractivity contribution < 1.29 is 4.52 Å². The van der Waals surface area contributed by atoms with Crippen molar-refractivity contribution in [2.45, 2.75) is 39.3 Å². The number of benzene rings is 1. The minimum atomic E-state index is 0. The Labute approximate surface area is 172 Å². The van der Waals surface area contributed by atoms with Crippen molar-refractivity contribution in [1.29, 1.82) is 0 Å². The molecule has 142 valence electrons. The van der Waals surface area contributed by atoms with E-state index < -0.39 is 0 Å². The first-order valence-corrected chi connectivity index (χ1v) is 9.07. The second kappa shape index (κ2) is 10.4. The summed E-state index contributed by atoms with van der Waals surface area (Å²) in [5, 5.41) is 10.9. The third-order valence-corrected chi connectivity index (χ3v) is 4.36. The van der Waals surface area contributed by atoms with Crippen LogP contribution in [0.2, 0.25) is 0 Å². The van der Waals surface area contributed by atoms with E-state index in [2.05, 4.69) is 69.9 Å². The van der Waals surface area contributed by atoms with E-state index in [0.29, 0.717) is 12.6 Å². The van der Waals surface area contributed by atoms with E-state index in [1.165, 1.54) is 5.69 Å². The summed E-state index contributed by atoms with van der Waals surface area (Å²) in [6.45, 7) is 7.51. The molecule has 1 aromatic heterocycles. The SMILES string of the molecule is CCNC(=NCc1cc(CC)no1)NC1CCN(c2ccccc2)C1.I. The van der Waals surface area contributed by atoms with Gasteiger partial charge in [-0.25, -0.2) is 4.99 Å². The van der Waals surface area contributed by atoms with Crippen LogP contribution in [0.15, 0.2) is 45.9 Å². The third kappa shape index (κ3) is 5.62. The van der Waals surface area contributed by atoms with E-state index in [1.54, 1.807) is 0 Å². The Kier molecular flexibility index (Phi) is 8.21. The summed E-state index contributed by atoms with van der Waals surface area (Å²) in [6.07, 6.45) is 1.98. The van der Waals surface area contributed by atoms with Gasteiger partial charge >= 0.3 is 0 Å². The Morgan fingerprint density at radius 3 is 2.81 bits per heavy atom. The maximum Gasteiger partial charge on any atom is 0.191 e. The number of aliphatic imine (C=N–C) groups is 1. The minimum Gasteiger partial charge on any atom is -0.369 e. The van der Waals surface area contributed by atoms with Crippen molar-refractivity contribution in [2.24, 2.45) is 4.99 Å². The van der Waals surface area contributed by atoms with Gasteiger partial charge in [-0.3, -0.25) is 0 Å². The summed E-state index contributed by atoms with van der Waals surface area (Å²) < 4.78 is 5.31. The molecule has 6 nitrogen and oxygen atoms in total. The van der Waals surface area contributed by atoms with Gasteiger partial charge in [0.05, 0.1) is 5.69 Å². The fourth-order valence-electron chi connectivity index (χ4n) is 3.02. The molecule has 2 aromatic rings. The normalized spacial score (nSPS) is 17.1. The smallest absolute Gasteiger partial charge is 0.191 e. The number of nitrogens with one attached hydrogen (secondary N) is 2. The van der Waals surface area contributed by atoms with Crippen LogP contribution in [0.25, 0.3) is 0 Å². The topological polar surface area (TPSA) is 65.7 Å². The van der Waals surface area contributed by atoms with Crippen LogP contribution in [0.5, 0.6) is 0 Å². The fourth-order valence-corrected chi connectivity index (χ4v) is 3.02. The monoisotopic (exact) mass is 469 g/mol. The van der Waals surface area contributed by atoms with E-state index in [0.717, 1.165) is 49.9 Å². The highest BCUT2D eigenvalue weighted by atomic mass is 127. The highest BCUT2D eigenvalue weighted by molar-refractivity contribution is 14.0. The zero-order valence-corrected chi connectivity index (χ0v) is 17.8. The van der Waals surface area contributed by atoms with Crippen LogP contribution in [-0.4, -0.2) is 36.8 Å². The molecule has 1 aromatic carbocycles. The molecule has 1 atom stereocenters. The van der Waals surface area contributed by atoms with E-state index in [1.807, 2.05) is 6.07 Å². The van der Waals surface area contributed by atoms with Crippen molar-refractivity contribution >= 4 is 35.6 Å². The second-order valence-corrected chi connectivity index (χ2v) is 6.24. The van der Waals surface area contributed by atoms with Crippen LogP contribution >= 0.6 is 24.0 Å². The van der Waals surface area contributed by atoms with E-state index in [9.17, 15) is 0 Å². The van der Waals surface area contributed by atoms with Crippen LogP contribution in [0.3, 0.4) is 0 Å². The van der Waals surface area contributed by atoms with Gasteiger partial charge in [0.25, 0.3) is 0 Å². The lowest BCUT2D eigenvalue weighted by Gasteiger charge is -2.20. The molecule has 1 saturated heterocycles. The molecular weight excluding hydrogens is 441 g/mol. The molecule has 0 radical (unpaired) electrons. The number of nitrogens with zero attached hydrogens (tertiary/aromatic N) is 3. The van der Waals surface area contributed by atoms with Crippen molar-refractivity contribution in [2.75, 3.05) is 24.5 Å². The molecule has 1 fully saturated rings. The molecule has 0 aliphatic carbocycles. The molecule has 26 heavy (non-hydrogen) atoms. The molecule has 0 saturated carbocycles. The largest absolute Gasteiger partial charge is 0.369 e. The highest BCUT2D eigenvalue weighted by Gasteiger charge is 2.23. The molecule has 0 amide bonds. The predicted molar refractivity (Wildman–Crippen MR) is 116 cm³/mol. The van der Waals surface area contributed by atoms with E-state index in [4.69, 9.17) is 4.52 Å². The summed E-state index contributed by atoms with van der Waals surface area (Å²) in [5.74, 6) is 1.63. The summed E-state index contributed by atoms with van der Waals surface area (Å²) in [6, 6.07) is 12.9. The number of hydrogen-bond donors (Lipinski definition) is 2. The molecule has 0 spiro atoms. The molecule has 2 heterocycles. The zero-order valence-electron chi connectivity index (χ0n) is 15.4. The lowest BCUT2D eigenvalue weighted by Crippen LogP contribution is -2.44. The maximum atomic E-state index is 5.31. The number of aryl methyl sites for hydroxylation is 1. The number of aromatic nitrogens is 1. The average Bonchev–Trinajstić information content (AvgIpc) is 3.30. The highest BCUT2D eigenvalue weighted by Crippen LogP contribution is 2.19. The van der Waals surface area contributed by atoms with Gasteiger partial charge in [0, 0.05) is 37.4 Å². The third-order valence-electron chi connectivity index (χ3n) is 4.36. The van der Waals surface area contributed by atoms with Crippen molar-refractivity contribution in [3.8, 4) is 0 Å². The van der Waals surface area contributed by atoms with Gasteiger partial charge in [-0.05, 0) is 31.9 Å². The lowest BCUT2D eigenvalue weighted by atomic mass is 10.2. The van der Waals surface area contributed by atoms with Crippen LogP contribution in [0.4, 0.5) is 5.69 Å². The number of rotatable bonds is 6. The molecule has 1 unspecified atom stereocenters. The lowest BCUT2D eigenvalue weighted by molar-refractivity contribution is 0.379. The molecule has 1 aliphatic heterocycles. The molecule has 7 heteroatoms. The second-order valence-electron chi connectivity index (χ2n) is 6.24. The van der Waals surface area contributed by atoms with Gasteiger partial charge in [0.2, 0.25) is 0 Å². The first-order chi connectivity index (χ1) is 12.3. The predicted octanol–water partition coefficient (Wildman–Crippen LogP) is 3.19. The van der Waals surface area contributed by atoms with Crippen LogP contribution < -0.4 is 15.5 Å². The molecule has 2 N–H and O–H groups in total. The first kappa shape index (κ1) is 20.5. The van der Waals surface area contributed by atoms with Gasteiger partial charge in [0.15, 0.2) is 11.7 Å². The molecule has 3 rings (SSSR count). The van der Waals surface area contributed by atoms with Gasteiger partial charge in [0.1, 0.15) is 6.54 Å². The Morgan fingerprint density at radius 2 is 2.12 bits per heavy atom. The van der Waals surface area contributed by atoms with Crippen molar-refractivity contribution in [3.05, 3.63) is 47.9 Å². The van der Waals surface area contributed by atoms with Crippen LogP contribution in [-0.2, 0) is 13.0 Å². The van der Waals surface area contributed by atoms with Gasteiger partial charge in [-0.15, -0.1) is 24.0 Å². The fraction of sp³-hybridized carbons (Fsp3) is 0.474. The van der Waals surface area contributed by atoms with Crippen molar-refractivity contribution in [1.82, 2.24) is 15.8 Å². The Bertz CT molecular complexity index is 688. The number of hydrogen-bond acceptors (Lipinski definition) is 4. The standard InChI is InChI=1S/C19H27N5O.HI/c1-3-15-12-18(25-23-15)13-21-19(20-4-2)22-16-10-11-24(14-16)17-8-6-5-7-9-17;/h5-9,12,16H,3-4,10-11,13-14H2,1-2H3,(H2,20,21,22);1H. The maximum absolute atomic E-state index is 5.31. The van der Waals surface area contributed by atoms with E-state index >= 15 is 0 Å². The van der Waals surface area contributed by atoms with E-state index in [-0.39, 0.29) is 24.0 Å². The zero-order chi connectivity index (χ0) is 17.5. The average molecular weight is 469 g/mol. The molecular formula is C19H28IN5O. The van der Waals surface area contributed by atoms with Crippen LogP contribution in [0.1, 0.15) is 31.7 Å². The van der Waals surface area contributed by atoms with Crippen LogP contribution in [0, 0.1) is 0 Å². The number of guanidine groups is 1.